The molecule has 0 bridgehead atoms. The summed E-state index contributed by atoms with van der Waals surface area (Å²) in [6.45, 7) is 1.75. The van der Waals surface area contributed by atoms with E-state index < -0.39 is 6.17 Å². The number of halogens is 3. The standard InChI is InChI=1S/C19H26ClF2NO/c20-17-11-15(21)5-6-16(17)14-3-1-13(2-4-14)7-9-23-19-8-10-24-12-18(19)22/h5-6,11,13-14,18-19,23H,1-4,7-10,12H2. The second kappa shape index (κ2) is 8.59. The molecule has 134 valence electrons. The average Bonchev–Trinajstić information content (AvgIpc) is 2.57. The Morgan fingerprint density at radius 2 is 1.96 bits per heavy atom. The fraction of sp³-hybridized carbons (Fsp3) is 0.684. The first-order valence-electron chi connectivity index (χ1n) is 9.03. The van der Waals surface area contributed by atoms with Crippen LogP contribution < -0.4 is 5.32 Å². The molecule has 0 aromatic heterocycles. The number of rotatable bonds is 5. The summed E-state index contributed by atoms with van der Waals surface area (Å²) in [5.41, 5.74) is 1.08. The molecule has 1 aromatic carbocycles. The molecular weight excluding hydrogens is 332 g/mol. The number of benzene rings is 1. The summed E-state index contributed by atoms with van der Waals surface area (Å²) in [4.78, 5) is 0. The number of hydrogen-bond donors (Lipinski definition) is 1. The molecule has 1 saturated carbocycles. The van der Waals surface area contributed by atoms with Crippen molar-refractivity contribution in [2.24, 2.45) is 5.92 Å². The normalized spacial score (nSPS) is 31.1. The molecule has 1 aliphatic carbocycles. The van der Waals surface area contributed by atoms with Crippen molar-refractivity contribution in [2.45, 2.75) is 56.7 Å². The molecule has 24 heavy (non-hydrogen) atoms. The third-order valence-corrected chi connectivity index (χ3v) is 5.82. The van der Waals surface area contributed by atoms with E-state index >= 15 is 0 Å². The Hall–Kier alpha value is -0.710. The van der Waals surface area contributed by atoms with Crippen molar-refractivity contribution >= 4 is 11.6 Å². The van der Waals surface area contributed by atoms with E-state index in [1.165, 1.54) is 12.1 Å². The summed E-state index contributed by atoms with van der Waals surface area (Å²) < 4.78 is 32.0. The summed E-state index contributed by atoms with van der Waals surface area (Å²) in [6, 6.07) is 4.69. The van der Waals surface area contributed by atoms with Crippen LogP contribution in [0.25, 0.3) is 0 Å². The lowest BCUT2D eigenvalue weighted by molar-refractivity contribution is 0.0136. The second-order valence-electron chi connectivity index (χ2n) is 7.11. The van der Waals surface area contributed by atoms with Gasteiger partial charge in [-0.3, -0.25) is 0 Å². The summed E-state index contributed by atoms with van der Waals surface area (Å²) in [7, 11) is 0. The topological polar surface area (TPSA) is 21.3 Å². The number of nitrogens with one attached hydrogen (secondary N) is 1. The van der Waals surface area contributed by atoms with Crippen LogP contribution in [0.3, 0.4) is 0 Å². The minimum atomic E-state index is -0.880. The molecule has 3 rings (SSSR count). The van der Waals surface area contributed by atoms with E-state index in [1.807, 2.05) is 6.07 Å². The minimum Gasteiger partial charge on any atom is -0.378 e. The van der Waals surface area contributed by atoms with Gasteiger partial charge in [-0.05, 0) is 74.6 Å². The highest BCUT2D eigenvalue weighted by Gasteiger charge is 2.26. The lowest BCUT2D eigenvalue weighted by Gasteiger charge is -2.31. The largest absolute Gasteiger partial charge is 0.378 e. The maximum Gasteiger partial charge on any atom is 0.139 e. The van der Waals surface area contributed by atoms with Crippen LogP contribution in [-0.2, 0) is 4.74 Å². The zero-order chi connectivity index (χ0) is 16.9. The molecule has 2 aliphatic rings. The highest BCUT2D eigenvalue weighted by atomic mass is 35.5. The van der Waals surface area contributed by atoms with Crippen molar-refractivity contribution in [3.63, 3.8) is 0 Å². The summed E-state index contributed by atoms with van der Waals surface area (Å²) >= 11 is 6.19. The average molecular weight is 358 g/mol. The van der Waals surface area contributed by atoms with Gasteiger partial charge >= 0.3 is 0 Å². The van der Waals surface area contributed by atoms with Gasteiger partial charge in [0.15, 0.2) is 0 Å². The van der Waals surface area contributed by atoms with E-state index in [0.29, 0.717) is 23.5 Å². The quantitative estimate of drug-likeness (QED) is 0.812. The minimum absolute atomic E-state index is 0.0480. The van der Waals surface area contributed by atoms with Gasteiger partial charge in [0, 0.05) is 17.7 Å². The summed E-state index contributed by atoms with van der Waals surface area (Å²) in [5, 5.41) is 3.91. The number of alkyl halides is 1. The van der Waals surface area contributed by atoms with Crippen LogP contribution in [-0.4, -0.2) is 32.0 Å². The Morgan fingerprint density at radius 1 is 1.17 bits per heavy atom. The van der Waals surface area contributed by atoms with Crippen LogP contribution in [0.15, 0.2) is 18.2 Å². The van der Waals surface area contributed by atoms with Crippen LogP contribution in [0.1, 0.15) is 50.0 Å². The Balaban J connectivity index is 1.40. The third-order valence-electron chi connectivity index (χ3n) is 5.50. The zero-order valence-corrected chi connectivity index (χ0v) is 14.7. The summed E-state index contributed by atoms with van der Waals surface area (Å²) in [5.74, 6) is 0.849. The van der Waals surface area contributed by atoms with E-state index in [9.17, 15) is 8.78 Å². The molecule has 0 spiro atoms. The molecular formula is C19H26ClF2NO. The maximum atomic E-state index is 13.7. The van der Waals surface area contributed by atoms with Crippen LogP contribution in [0.5, 0.6) is 0 Å². The highest BCUT2D eigenvalue weighted by Crippen LogP contribution is 2.39. The Bertz CT molecular complexity index is 534. The molecule has 1 heterocycles. The van der Waals surface area contributed by atoms with Crippen LogP contribution in [0.4, 0.5) is 8.78 Å². The smallest absolute Gasteiger partial charge is 0.139 e. The molecule has 1 saturated heterocycles. The van der Waals surface area contributed by atoms with E-state index in [1.54, 1.807) is 0 Å². The van der Waals surface area contributed by atoms with E-state index in [0.717, 1.165) is 50.6 Å². The van der Waals surface area contributed by atoms with E-state index in [2.05, 4.69) is 5.32 Å². The molecule has 2 atom stereocenters. The van der Waals surface area contributed by atoms with Crippen LogP contribution in [0.2, 0.25) is 5.02 Å². The fourth-order valence-corrected chi connectivity index (χ4v) is 4.32. The van der Waals surface area contributed by atoms with Gasteiger partial charge in [0.2, 0.25) is 0 Å². The van der Waals surface area contributed by atoms with E-state index in [4.69, 9.17) is 16.3 Å². The maximum absolute atomic E-state index is 13.7. The lowest BCUT2D eigenvalue weighted by atomic mass is 9.77. The van der Waals surface area contributed by atoms with Gasteiger partial charge in [0.1, 0.15) is 12.0 Å². The van der Waals surface area contributed by atoms with Crippen molar-refractivity contribution in [1.29, 1.82) is 0 Å². The van der Waals surface area contributed by atoms with Gasteiger partial charge in [-0.25, -0.2) is 8.78 Å². The van der Waals surface area contributed by atoms with Crippen molar-refractivity contribution in [1.82, 2.24) is 5.32 Å². The first kappa shape index (κ1) is 18.1. The molecule has 1 N–H and O–H groups in total. The molecule has 0 radical (unpaired) electrons. The van der Waals surface area contributed by atoms with E-state index in [-0.39, 0.29) is 18.5 Å². The Labute approximate surface area is 147 Å². The van der Waals surface area contributed by atoms with Gasteiger partial charge < -0.3 is 10.1 Å². The molecule has 5 heteroatoms. The van der Waals surface area contributed by atoms with Gasteiger partial charge in [0.25, 0.3) is 0 Å². The Morgan fingerprint density at radius 3 is 2.67 bits per heavy atom. The van der Waals surface area contributed by atoms with Crippen LogP contribution in [0, 0.1) is 11.7 Å². The third kappa shape index (κ3) is 4.68. The number of ether oxygens (including phenoxy) is 1. The van der Waals surface area contributed by atoms with Gasteiger partial charge in [-0.1, -0.05) is 17.7 Å². The SMILES string of the molecule is Fc1ccc(C2CCC(CCNC3CCOCC3F)CC2)c(Cl)c1. The van der Waals surface area contributed by atoms with Crippen molar-refractivity contribution < 1.29 is 13.5 Å². The Kier molecular flexibility index (Phi) is 6.48. The van der Waals surface area contributed by atoms with Crippen molar-refractivity contribution in [3.8, 4) is 0 Å². The molecule has 0 amide bonds. The van der Waals surface area contributed by atoms with Gasteiger partial charge in [-0.15, -0.1) is 0 Å². The second-order valence-corrected chi connectivity index (χ2v) is 7.52. The lowest BCUT2D eigenvalue weighted by Crippen LogP contribution is -2.44. The van der Waals surface area contributed by atoms with Crippen molar-refractivity contribution in [2.75, 3.05) is 19.8 Å². The fourth-order valence-electron chi connectivity index (χ4n) is 4.00. The predicted octanol–water partition coefficient (Wildman–Crippen LogP) is 4.86. The predicted molar refractivity (Wildman–Crippen MR) is 92.8 cm³/mol. The molecule has 2 fully saturated rings. The zero-order valence-electron chi connectivity index (χ0n) is 13.9. The van der Waals surface area contributed by atoms with Crippen molar-refractivity contribution in [3.05, 3.63) is 34.6 Å². The number of hydrogen-bond acceptors (Lipinski definition) is 2. The first-order valence-corrected chi connectivity index (χ1v) is 9.41. The molecule has 1 aliphatic heterocycles. The van der Waals surface area contributed by atoms with Gasteiger partial charge in [-0.2, -0.15) is 0 Å². The van der Waals surface area contributed by atoms with Crippen LogP contribution >= 0.6 is 11.6 Å². The highest BCUT2D eigenvalue weighted by molar-refractivity contribution is 6.31. The molecule has 2 nitrogen and oxygen atoms in total. The molecule has 1 aromatic rings. The van der Waals surface area contributed by atoms with Gasteiger partial charge in [0.05, 0.1) is 6.61 Å². The summed E-state index contributed by atoms with van der Waals surface area (Å²) in [6.07, 6.45) is 5.48. The molecule has 2 unspecified atom stereocenters. The monoisotopic (exact) mass is 357 g/mol. The first-order chi connectivity index (χ1) is 11.6.